The molecule has 12 heavy (non-hydrogen) atoms. The van der Waals surface area contributed by atoms with Crippen LogP contribution in [0.1, 0.15) is 0 Å². The van der Waals surface area contributed by atoms with Crippen molar-refractivity contribution in [2.45, 2.75) is 0 Å². The number of aromatic nitrogens is 3. The van der Waals surface area contributed by atoms with Crippen LogP contribution in [0.25, 0.3) is 11.0 Å². The molecule has 0 aliphatic carbocycles. The Morgan fingerprint density at radius 3 is 3.17 bits per heavy atom. The molecule has 62 valence electrons. The van der Waals surface area contributed by atoms with E-state index in [1.807, 2.05) is 0 Å². The third-order valence-corrected chi connectivity index (χ3v) is 1.78. The van der Waals surface area contributed by atoms with Crippen molar-refractivity contribution in [3.63, 3.8) is 0 Å². The van der Waals surface area contributed by atoms with Crippen LogP contribution in [0.2, 0.25) is 0 Å². The number of fused-ring (bicyclic) bond motifs is 1. The highest BCUT2D eigenvalue weighted by Gasteiger charge is 2.03. The zero-order valence-corrected chi connectivity index (χ0v) is 6.53. The molecule has 2 aromatic rings. The number of nitrogens with zero attached hydrogens (tertiary/aromatic N) is 2. The van der Waals surface area contributed by atoms with Crippen LogP contribution < -0.4 is 11.3 Å². The predicted molar refractivity (Wildman–Crippen MR) is 45.7 cm³/mol. The first kappa shape index (κ1) is 6.90. The second kappa shape index (κ2) is 2.10. The van der Waals surface area contributed by atoms with E-state index in [-0.39, 0.29) is 5.56 Å². The van der Waals surface area contributed by atoms with Crippen LogP contribution in [0.5, 0.6) is 0 Å². The Hall–Kier alpha value is -1.78. The normalized spacial score (nSPS) is 10.8. The summed E-state index contributed by atoms with van der Waals surface area (Å²) in [5.41, 5.74) is 6.50. The van der Waals surface area contributed by atoms with Gasteiger partial charge in [0.05, 0.1) is 11.6 Å². The summed E-state index contributed by atoms with van der Waals surface area (Å²) in [6, 6.07) is 1.35. The molecule has 0 amide bonds. The molecular weight excluding hydrogens is 156 g/mol. The molecule has 0 bridgehead atoms. The molecule has 2 rings (SSSR count). The third kappa shape index (κ3) is 0.795. The van der Waals surface area contributed by atoms with Crippen LogP contribution in [0.4, 0.5) is 5.69 Å². The summed E-state index contributed by atoms with van der Waals surface area (Å²) >= 11 is 0. The van der Waals surface area contributed by atoms with Gasteiger partial charge in [-0.3, -0.25) is 9.48 Å². The smallest absolute Gasteiger partial charge is 0.251 e. The minimum absolute atomic E-state index is 0.205. The Morgan fingerprint density at radius 2 is 2.42 bits per heavy atom. The zero-order valence-electron chi connectivity index (χ0n) is 6.53. The number of nitrogens with two attached hydrogens (primary N) is 1. The quantitative estimate of drug-likeness (QED) is 0.568. The van der Waals surface area contributed by atoms with Crippen LogP contribution in [0.3, 0.4) is 0 Å². The van der Waals surface area contributed by atoms with Crippen molar-refractivity contribution in [1.82, 2.24) is 14.8 Å². The van der Waals surface area contributed by atoms with Crippen LogP contribution in [-0.4, -0.2) is 14.8 Å². The van der Waals surface area contributed by atoms with E-state index < -0.39 is 0 Å². The van der Waals surface area contributed by atoms with Gasteiger partial charge in [-0.15, -0.1) is 0 Å². The highest BCUT2D eigenvalue weighted by molar-refractivity contribution is 5.86. The van der Waals surface area contributed by atoms with Crippen LogP contribution in [-0.2, 0) is 7.05 Å². The van der Waals surface area contributed by atoms with Crippen LogP contribution in [0, 0.1) is 0 Å². The van der Waals surface area contributed by atoms with Crippen LogP contribution in [0.15, 0.2) is 17.1 Å². The van der Waals surface area contributed by atoms with Crippen molar-refractivity contribution < 1.29 is 0 Å². The Bertz CT molecular complexity index is 482. The van der Waals surface area contributed by atoms with E-state index in [4.69, 9.17) is 5.73 Å². The number of H-pyrrole nitrogens is 1. The standard InChI is InChI=1S/C7H8N4O/c1-11-7-4(3-9-11)5(8)2-6(12)10-7/h2-3H,1H3,(H3,8,10,12). The van der Waals surface area contributed by atoms with E-state index in [1.165, 1.54) is 6.07 Å². The SMILES string of the molecule is Cn1ncc2c(N)cc(=O)[nH]c21. The minimum Gasteiger partial charge on any atom is -0.398 e. The maximum absolute atomic E-state index is 11.0. The molecule has 0 saturated carbocycles. The van der Waals surface area contributed by atoms with E-state index in [0.717, 1.165) is 5.39 Å². The molecule has 2 heterocycles. The highest BCUT2D eigenvalue weighted by Crippen LogP contribution is 2.14. The summed E-state index contributed by atoms with van der Waals surface area (Å²) < 4.78 is 1.58. The topological polar surface area (TPSA) is 76.7 Å². The van der Waals surface area contributed by atoms with E-state index in [1.54, 1.807) is 17.9 Å². The molecule has 0 saturated heterocycles. The van der Waals surface area contributed by atoms with Gasteiger partial charge in [-0.2, -0.15) is 5.10 Å². The van der Waals surface area contributed by atoms with Gasteiger partial charge in [0, 0.05) is 18.8 Å². The molecule has 0 aliphatic heterocycles. The largest absolute Gasteiger partial charge is 0.398 e. The molecule has 0 unspecified atom stereocenters. The first-order valence-corrected chi connectivity index (χ1v) is 3.49. The molecule has 2 aromatic heterocycles. The van der Waals surface area contributed by atoms with Gasteiger partial charge >= 0.3 is 0 Å². The molecule has 0 fully saturated rings. The summed E-state index contributed by atoms with van der Waals surface area (Å²) in [5.74, 6) is 0. The molecule has 0 atom stereocenters. The van der Waals surface area contributed by atoms with Crippen molar-refractivity contribution in [2.24, 2.45) is 7.05 Å². The number of hydrogen-bond donors (Lipinski definition) is 2. The molecule has 0 radical (unpaired) electrons. The van der Waals surface area contributed by atoms with E-state index in [9.17, 15) is 4.79 Å². The van der Waals surface area contributed by atoms with Crippen molar-refractivity contribution in [3.05, 3.63) is 22.6 Å². The highest BCUT2D eigenvalue weighted by atomic mass is 16.1. The maximum Gasteiger partial charge on any atom is 0.251 e. The van der Waals surface area contributed by atoms with Crippen LogP contribution >= 0.6 is 0 Å². The van der Waals surface area contributed by atoms with E-state index in [2.05, 4.69) is 10.1 Å². The summed E-state index contributed by atoms with van der Waals surface area (Å²) in [6.07, 6.45) is 1.63. The van der Waals surface area contributed by atoms with Crippen molar-refractivity contribution in [1.29, 1.82) is 0 Å². The minimum atomic E-state index is -0.205. The van der Waals surface area contributed by atoms with Gasteiger partial charge in [-0.25, -0.2) is 0 Å². The number of anilines is 1. The average molecular weight is 164 g/mol. The summed E-state index contributed by atoms with van der Waals surface area (Å²) in [6.45, 7) is 0. The zero-order chi connectivity index (χ0) is 8.72. The fraction of sp³-hybridized carbons (Fsp3) is 0.143. The summed E-state index contributed by atoms with van der Waals surface area (Å²) in [5, 5.41) is 4.74. The van der Waals surface area contributed by atoms with Gasteiger partial charge < -0.3 is 10.7 Å². The number of rotatable bonds is 0. The van der Waals surface area contributed by atoms with Gasteiger partial charge in [-0.1, -0.05) is 0 Å². The summed E-state index contributed by atoms with van der Waals surface area (Å²) in [7, 11) is 1.75. The lowest BCUT2D eigenvalue weighted by Gasteiger charge is -1.95. The second-order valence-electron chi connectivity index (χ2n) is 2.62. The van der Waals surface area contributed by atoms with Gasteiger partial charge in [0.25, 0.3) is 5.56 Å². The molecular formula is C7H8N4O. The maximum atomic E-state index is 11.0. The first-order chi connectivity index (χ1) is 5.68. The Kier molecular flexibility index (Phi) is 1.21. The van der Waals surface area contributed by atoms with E-state index >= 15 is 0 Å². The lowest BCUT2D eigenvalue weighted by Crippen LogP contribution is -2.07. The van der Waals surface area contributed by atoms with Crippen molar-refractivity contribution in [3.8, 4) is 0 Å². The number of nitrogen functional groups attached to an aromatic ring is 1. The monoisotopic (exact) mass is 164 g/mol. The Labute approximate surface area is 67.8 Å². The molecule has 0 spiro atoms. The molecule has 5 nitrogen and oxygen atoms in total. The third-order valence-electron chi connectivity index (χ3n) is 1.78. The number of pyridine rings is 1. The number of nitrogens with one attached hydrogen (secondary N) is 1. The Balaban J connectivity index is 3.02. The fourth-order valence-corrected chi connectivity index (χ4v) is 1.17. The van der Waals surface area contributed by atoms with Gasteiger partial charge in [-0.05, 0) is 0 Å². The van der Waals surface area contributed by atoms with E-state index in [0.29, 0.717) is 11.3 Å². The number of aryl methyl sites for hydroxylation is 1. The van der Waals surface area contributed by atoms with Crippen molar-refractivity contribution >= 4 is 16.7 Å². The Morgan fingerprint density at radius 1 is 1.67 bits per heavy atom. The molecule has 5 heteroatoms. The van der Waals surface area contributed by atoms with Gasteiger partial charge in [0.2, 0.25) is 0 Å². The predicted octanol–water partition coefficient (Wildman–Crippen LogP) is -0.156. The van der Waals surface area contributed by atoms with Crippen molar-refractivity contribution in [2.75, 3.05) is 5.73 Å². The van der Waals surface area contributed by atoms with Gasteiger partial charge in [0.15, 0.2) is 0 Å². The molecule has 0 aromatic carbocycles. The fourth-order valence-electron chi connectivity index (χ4n) is 1.17. The molecule has 0 aliphatic rings. The number of aromatic amines is 1. The second-order valence-corrected chi connectivity index (χ2v) is 2.62. The lowest BCUT2D eigenvalue weighted by atomic mass is 10.3. The molecule has 3 N–H and O–H groups in total. The lowest BCUT2D eigenvalue weighted by molar-refractivity contribution is 0.785. The average Bonchev–Trinajstić information content (AvgIpc) is 2.33. The van der Waals surface area contributed by atoms with Gasteiger partial charge in [0.1, 0.15) is 5.65 Å². The first-order valence-electron chi connectivity index (χ1n) is 3.49. The summed E-state index contributed by atoms with van der Waals surface area (Å²) in [4.78, 5) is 13.6. The number of hydrogen-bond acceptors (Lipinski definition) is 3.